The van der Waals surface area contributed by atoms with Crippen LogP contribution in [0.3, 0.4) is 0 Å². The van der Waals surface area contributed by atoms with E-state index in [1.54, 1.807) is 17.4 Å². The van der Waals surface area contributed by atoms with E-state index < -0.39 is 4.92 Å². The zero-order valence-electron chi connectivity index (χ0n) is 10.3. The fourth-order valence-corrected chi connectivity index (χ4v) is 3.47. The summed E-state index contributed by atoms with van der Waals surface area (Å²) in [5, 5.41) is 16.1. The Bertz CT molecular complexity index is 590. The molecule has 100 valence electrons. The molecule has 1 unspecified atom stereocenters. The highest BCUT2D eigenvalue weighted by Gasteiger charge is 2.21. The lowest BCUT2D eigenvalue weighted by molar-refractivity contribution is -0.402. The molecule has 0 radical (unpaired) electrons. The Hall–Kier alpha value is -1.66. The van der Waals surface area contributed by atoms with E-state index in [0.29, 0.717) is 18.3 Å². The van der Waals surface area contributed by atoms with Gasteiger partial charge in [0.15, 0.2) is 0 Å². The summed E-state index contributed by atoms with van der Waals surface area (Å²) in [5.41, 5.74) is 1.37. The van der Waals surface area contributed by atoms with Crippen molar-refractivity contribution in [1.82, 2.24) is 5.32 Å². The molecule has 0 fully saturated rings. The van der Waals surface area contributed by atoms with Crippen LogP contribution in [0.1, 0.15) is 35.1 Å². The van der Waals surface area contributed by atoms with E-state index in [9.17, 15) is 10.1 Å². The van der Waals surface area contributed by atoms with Crippen molar-refractivity contribution < 1.29 is 9.34 Å². The molecular formula is C13H14N2O3S. The van der Waals surface area contributed by atoms with Crippen molar-refractivity contribution in [3.8, 4) is 0 Å². The molecule has 5 nitrogen and oxygen atoms in total. The Labute approximate surface area is 114 Å². The van der Waals surface area contributed by atoms with Crippen molar-refractivity contribution in [1.29, 1.82) is 0 Å². The fraction of sp³-hybridized carbons (Fsp3) is 0.385. The van der Waals surface area contributed by atoms with Gasteiger partial charge < -0.3 is 9.73 Å². The molecular weight excluding hydrogens is 264 g/mol. The third kappa shape index (κ3) is 2.54. The van der Waals surface area contributed by atoms with Crippen molar-refractivity contribution in [2.24, 2.45) is 0 Å². The highest BCUT2D eigenvalue weighted by atomic mass is 32.1. The molecule has 19 heavy (non-hydrogen) atoms. The van der Waals surface area contributed by atoms with E-state index in [2.05, 4.69) is 16.8 Å². The van der Waals surface area contributed by atoms with Crippen LogP contribution in [0.5, 0.6) is 0 Å². The maximum Gasteiger partial charge on any atom is 0.433 e. The van der Waals surface area contributed by atoms with Crippen LogP contribution in [0.2, 0.25) is 0 Å². The van der Waals surface area contributed by atoms with Gasteiger partial charge in [0.1, 0.15) is 10.7 Å². The number of nitrogens with one attached hydrogen (secondary N) is 1. The molecule has 0 spiro atoms. The number of nitro groups is 1. The highest BCUT2D eigenvalue weighted by Crippen LogP contribution is 2.33. The summed E-state index contributed by atoms with van der Waals surface area (Å²) in [7, 11) is 0. The van der Waals surface area contributed by atoms with E-state index >= 15 is 0 Å². The molecule has 2 aromatic heterocycles. The lowest BCUT2D eigenvalue weighted by atomic mass is 9.94. The number of nitrogens with zero attached hydrogens (tertiary/aromatic N) is 1. The number of rotatable bonds is 4. The average molecular weight is 278 g/mol. The predicted octanol–water partition coefficient (Wildman–Crippen LogP) is 3.42. The molecule has 0 bridgehead atoms. The number of furan rings is 1. The molecule has 1 N–H and O–H groups in total. The third-order valence-electron chi connectivity index (χ3n) is 3.40. The van der Waals surface area contributed by atoms with Crippen LogP contribution < -0.4 is 5.32 Å². The Balaban J connectivity index is 1.65. The smallest absolute Gasteiger partial charge is 0.404 e. The second kappa shape index (κ2) is 5.14. The molecule has 0 saturated carbocycles. The summed E-state index contributed by atoms with van der Waals surface area (Å²) in [4.78, 5) is 11.5. The second-order valence-corrected chi connectivity index (χ2v) is 5.62. The number of fused-ring (bicyclic) bond motifs is 1. The summed E-state index contributed by atoms with van der Waals surface area (Å²) < 4.78 is 5.15. The molecule has 6 heteroatoms. The van der Waals surface area contributed by atoms with Gasteiger partial charge in [0, 0.05) is 10.9 Å². The molecule has 0 amide bonds. The van der Waals surface area contributed by atoms with Crippen molar-refractivity contribution in [2.45, 2.75) is 31.8 Å². The first-order chi connectivity index (χ1) is 9.24. The first-order valence-corrected chi connectivity index (χ1v) is 7.15. The maximum atomic E-state index is 10.5. The van der Waals surface area contributed by atoms with Crippen molar-refractivity contribution in [2.75, 3.05) is 0 Å². The van der Waals surface area contributed by atoms with Crippen LogP contribution in [0.15, 0.2) is 28.0 Å². The van der Waals surface area contributed by atoms with Gasteiger partial charge in [-0.3, -0.25) is 10.1 Å². The van der Waals surface area contributed by atoms with Crippen molar-refractivity contribution in [3.63, 3.8) is 0 Å². The first kappa shape index (κ1) is 12.4. The van der Waals surface area contributed by atoms with Crippen molar-refractivity contribution >= 4 is 17.2 Å². The van der Waals surface area contributed by atoms with Crippen LogP contribution in [-0.2, 0) is 13.0 Å². The van der Waals surface area contributed by atoms with E-state index in [0.717, 1.165) is 12.8 Å². The second-order valence-electron chi connectivity index (χ2n) is 4.62. The van der Waals surface area contributed by atoms with E-state index in [1.165, 1.54) is 22.9 Å². The molecule has 2 heterocycles. The van der Waals surface area contributed by atoms with E-state index in [-0.39, 0.29) is 5.88 Å². The topological polar surface area (TPSA) is 68.3 Å². The molecule has 0 saturated heterocycles. The molecule has 1 atom stereocenters. The lowest BCUT2D eigenvalue weighted by Crippen LogP contribution is -2.23. The number of aryl methyl sites for hydroxylation is 1. The van der Waals surface area contributed by atoms with Crippen LogP contribution in [0.4, 0.5) is 5.88 Å². The van der Waals surface area contributed by atoms with Gasteiger partial charge in [0.2, 0.25) is 0 Å². The largest absolute Gasteiger partial charge is 0.433 e. The van der Waals surface area contributed by atoms with Crippen LogP contribution >= 0.6 is 11.3 Å². The quantitative estimate of drug-likeness (QED) is 0.687. The zero-order valence-corrected chi connectivity index (χ0v) is 11.1. The van der Waals surface area contributed by atoms with Crippen molar-refractivity contribution in [3.05, 3.63) is 49.9 Å². The average Bonchev–Trinajstić information content (AvgIpc) is 3.05. The summed E-state index contributed by atoms with van der Waals surface area (Å²) in [6, 6.07) is 5.55. The van der Waals surface area contributed by atoms with E-state index in [4.69, 9.17) is 4.42 Å². The van der Waals surface area contributed by atoms with Gasteiger partial charge in [-0.25, -0.2) is 0 Å². The first-order valence-electron chi connectivity index (χ1n) is 6.27. The van der Waals surface area contributed by atoms with Crippen LogP contribution in [0.25, 0.3) is 0 Å². The van der Waals surface area contributed by atoms with Gasteiger partial charge in [-0.2, -0.15) is 0 Å². The van der Waals surface area contributed by atoms with Crippen LogP contribution in [-0.4, -0.2) is 4.92 Å². The zero-order chi connectivity index (χ0) is 13.2. The summed E-state index contributed by atoms with van der Waals surface area (Å²) in [6.07, 6.45) is 3.45. The summed E-state index contributed by atoms with van der Waals surface area (Å²) in [6.45, 7) is 0.522. The van der Waals surface area contributed by atoms with Crippen LogP contribution in [0, 0.1) is 10.1 Å². The molecule has 0 aliphatic heterocycles. The minimum absolute atomic E-state index is 0.198. The van der Waals surface area contributed by atoms with Gasteiger partial charge in [-0.05, 0) is 42.3 Å². The standard InChI is InChI=1S/C13H14N2O3S/c16-15(17)13-5-4-9(18-13)8-14-11-2-1-3-12-10(11)6-7-19-12/h4-7,11,14H,1-3,8H2. The Morgan fingerprint density at radius 3 is 3.16 bits per heavy atom. The lowest BCUT2D eigenvalue weighted by Gasteiger charge is -2.23. The predicted molar refractivity (Wildman–Crippen MR) is 72.2 cm³/mol. The monoisotopic (exact) mass is 278 g/mol. The summed E-state index contributed by atoms with van der Waals surface area (Å²) >= 11 is 1.81. The van der Waals surface area contributed by atoms with Gasteiger partial charge in [-0.1, -0.05) is 0 Å². The molecule has 1 aliphatic carbocycles. The fourth-order valence-electron chi connectivity index (χ4n) is 2.48. The van der Waals surface area contributed by atoms with Gasteiger partial charge in [0.25, 0.3) is 0 Å². The van der Waals surface area contributed by atoms with Gasteiger partial charge in [0.05, 0.1) is 12.6 Å². The Morgan fingerprint density at radius 1 is 1.47 bits per heavy atom. The SMILES string of the molecule is O=[N+]([O-])c1ccc(CNC2CCCc3sccc32)o1. The molecule has 1 aliphatic rings. The van der Waals surface area contributed by atoms with Gasteiger partial charge in [-0.15, -0.1) is 11.3 Å². The summed E-state index contributed by atoms with van der Waals surface area (Å²) in [5.74, 6) is 0.408. The minimum Gasteiger partial charge on any atom is -0.404 e. The normalized spacial score (nSPS) is 18.2. The number of hydrogen-bond donors (Lipinski definition) is 1. The molecule has 3 rings (SSSR count). The molecule has 0 aromatic carbocycles. The van der Waals surface area contributed by atoms with E-state index in [1.807, 2.05) is 0 Å². The highest BCUT2D eigenvalue weighted by molar-refractivity contribution is 7.10. The van der Waals surface area contributed by atoms with Gasteiger partial charge >= 0.3 is 5.88 Å². The number of thiophene rings is 1. The third-order valence-corrected chi connectivity index (χ3v) is 4.40. The Morgan fingerprint density at radius 2 is 2.37 bits per heavy atom. The maximum absolute atomic E-state index is 10.5. The molecule has 2 aromatic rings. The number of hydrogen-bond acceptors (Lipinski definition) is 5. The minimum atomic E-state index is -0.513. The Kier molecular flexibility index (Phi) is 3.35.